The van der Waals surface area contributed by atoms with Crippen molar-refractivity contribution in [3.05, 3.63) is 93.7 Å². The number of pyridine rings is 1. The molecule has 4 aromatic rings. The molecule has 1 aliphatic heterocycles. The van der Waals surface area contributed by atoms with Crippen LogP contribution in [-0.4, -0.2) is 39.9 Å². The van der Waals surface area contributed by atoms with E-state index in [0.29, 0.717) is 23.6 Å². The third kappa shape index (κ3) is 5.61. The summed E-state index contributed by atoms with van der Waals surface area (Å²) in [6.07, 6.45) is 3.79. The zero-order valence-corrected chi connectivity index (χ0v) is 22.3. The molecule has 3 heterocycles. The molecule has 202 valence electrons. The highest BCUT2D eigenvalue weighted by molar-refractivity contribution is 5.77. The van der Waals surface area contributed by atoms with Gasteiger partial charge in [0.2, 0.25) is 0 Å². The zero-order valence-electron chi connectivity index (χ0n) is 22.3. The Bertz CT molecular complexity index is 1560. The third-order valence-electron chi connectivity index (χ3n) is 7.40. The van der Waals surface area contributed by atoms with Crippen molar-refractivity contribution in [2.75, 3.05) is 19.6 Å². The van der Waals surface area contributed by atoms with E-state index in [9.17, 15) is 18.4 Å². The van der Waals surface area contributed by atoms with Crippen molar-refractivity contribution in [1.29, 1.82) is 0 Å². The van der Waals surface area contributed by atoms with Crippen LogP contribution in [-0.2, 0) is 4.79 Å². The lowest BCUT2D eigenvalue weighted by molar-refractivity contribution is -0.117. The van der Waals surface area contributed by atoms with Crippen LogP contribution in [0, 0.1) is 25.5 Å². The van der Waals surface area contributed by atoms with Crippen LogP contribution in [0.5, 0.6) is 0 Å². The van der Waals surface area contributed by atoms with Gasteiger partial charge in [-0.25, -0.2) is 13.8 Å². The van der Waals surface area contributed by atoms with E-state index >= 15 is 0 Å². The number of halogens is 2. The molecule has 6 nitrogen and oxygen atoms in total. The van der Waals surface area contributed by atoms with E-state index in [4.69, 9.17) is 9.40 Å². The molecule has 0 N–H and O–H groups in total. The van der Waals surface area contributed by atoms with E-state index < -0.39 is 11.6 Å². The summed E-state index contributed by atoms with van der Waals surface area (Å²) in [6.45, 7) is 7.81. The summed E-state index contributed by atoms with van der Waals surface area (Å²) in [6, 6.07) is 12.3. The Labute approximate surface area is 225 Å². The molecule has 39 heavy (non-hydrogen) atoms. The molecule has 1 saturated heterocycles. The summed E-state index contributed by atoms with van der Waals surface area (Å²) < 4.78 is 36.5. The quantitative estimate of drug-likeness (QED) is 0.284. The van der Waals surface area contributed by atoms with Gasteiger partial charge in [-0.05, 0) is 76.0 Å². The second kappa shape index (κ2) is 11.1. The largest absolute Gasteiger partial charge is 0.440 e. The number of nitrogens with zero attached hydrogens (tertiary/aromatic N) is 3. The SMILES string of the molecule is CC(=O)CCN1CCC(c2nc(-c3ccc(=O)n(-c4c(C)cccc4C)c3)c(-c3ccc(F)cc3F)o2)CC1. The van der Waals surface area contributed by atoms with Gasteiger partial charge in [-0.3, -0.25) is 14.2 Å². The Morgan fingerprint density at radius 3 is 2.44 bits per heavy atom. The summed E-state index contributed by atoms with van der Waals surface area (Å²) in [5.41, 5.74) is 3.55. The summed E-state index contributed by atoms with van der Waals surface area (Å²) in [5, 5.41) is 0. The van der Waals surface area contributed by atoms with Gasteiger partial charge in [0, 0.05) is 42.8 Å². The number of ketones is 1. The van der Waals surface area contributed by atoms with Gasteiger partial charge in [-0.2, -0.15) is 0 Å². The van der Waals surface area contributed by atoms with Crippen LogP contribution in [0.4, 0.5) is 8.78 Å². The smallest absolute Gasteiger partial charge is 0.255 e. The van der Waals surface area contributed by atoms with Crippen molar-refractivity contribution in [2.45, 2.75) is 46.0 Å². The fraction of sp³-hybridized carbons (Fsp3) is 0.323. The number of rotatable bonds is 7. The summed E-state index contributed by atoms with van der Waals surface area (Å²) in [5.74, 6) is -0.560. The average molecular weight is 532 g/mol. The maximum Gasteiger partial charge on any atom is 0.255 e. The molecule has 2 aromatic heterocycles. The molecule has 5 rings (SSSR count). The first-order valence-corrected chi connectivity index (χ1v) is 13.2. The van der Waals surface area contributed by atoms with Crippen molar-refractivity contribution in [3.63, 3.8) is 0 Å². The normalized spacial score (nSPS) is 14.6. The molecule has 1 fully saturated rings. The molecule has 0 atom stereocenters. The number of likely N-dealkylation sites (tertiary alicyclic amines) is 1. The van der Waals surface area contributed by atoms with Crippen LogP contribution in [0.3, 0.4) is 0 Å². The average Bonchev–Trinajstić information content (AvgIpc) is 3.34. The van der Waals surface area contributed by atoms with E-state index in [0.717, 1.165) is 55.4 Å². The molecule has 0 amide bonds. The first-order chi connectivity index (χ1) is 18.7. The molecular weight excluding hydrogens is 500 g/mol. The predicted molar refractivity (Wildman–Crippen MR) is 146 cm³/mol. The van der Waals surface area contributed by atoms with Gasteiger partial charge < -0.3 is 9.32 Å². The van der Waals surface area contributed by atoms with Crippen LogP contribution in [0.1, 0.15) is 49.1 Å². The molecular formula is C31H31F2N3O3. The number of Topliss-reactive ketones (excluding diaryl/α,β-unsaturated/α-hetero) is 1. The predicted octanol–water partition coefficient (Wildman–Crippen LogP) is 6.21. The van der Waals surface area contributed by atoms with E-state index in [1.807, 2.05) is 32.0 Å². The molecule has 1 aliphatic rings. The van der Waals surface area contributed by atoms with Gasteiger partial charge in [0.1, 0.15) is 23.1 Å². The summed E-state index contributed by atoms with van der Waals surface area (Å²) in [7, 11) is 0. The first kappa shape index (κ1) is 26.7. The van der Waals surface area contributed by atoms with Crippen LogP contribution >= 0.6 is 0 Å². The lowest BCUT2D eigenvalue weighted by Gasteiger charge is -2.30. The van der Waals surface area contributed by atoms with E-state index in [1.165, 1.54) is 18.2 Å². The van der Waals surface area contributed by atoms with Gasteiger partial charge in [0.25, 0.3) is 5.56 Å². The van der Waals surface area contributed by atoms with Crippen LogP contribution in [0.2, 0.25) is 0 Å². The number of carbonyl (C=O) groups excluding carboxylic acids is 1. The number of oxazole rings is 1. The second-order valence-electron chi connectivity index (χ2n) is 10.3. The minimum atomic E-state index is -0.749. The summed E-state index contributed by atoms with van der Waals surface area (Å²) in [4.78, 5) is 31.4. The van der Waals surface area contributed by atoms with Crippen LogP contribution in [0.15, 0.2) is 63.9 Å². The number of carbonyl (C=O) groups is 1. The monoisotopic (exact) mass is 531 g/mol. The molecule has 0 saturated carbocycles. The van der Waals surface area contributed by atoms with Crippen LogP contribution < -0.4 is 5.56 Å². The number of piperidine rings is 1. The highest BCUT2D eigenvalue weighted by Gasteiger charge is 2.28. The molecule has 2 aromatic carbocycles. The number of hydrogen-bond acceptors (Lipinski definition) is 5. The Balaban J connectivity index is 1.57. The Hall–Kier alpha value is -3.91. The highest BCUT2D eigenvalue weighted by atomic mass is 19.1. The van der Waals surface area contributed by atoms with E-state index in [2.05, 4.69) is 4.90 Å². The maximum atomic E-state index is 15.0. The lowest BCUT2D eigenvalue weighted by Crippen LogP contribution is -2.34. The van der Waals surface area contributed by atoms with Gasteiger partial charge in [-0.15, -0.1) is 0 Å². The Kier molecular flexibility index (Phi) is 7.57. The van der Waals surface area contributed by atoms with Crippen molar-refractivity contribution < 1.29 is 18.0 Å². The first-order valence-electron chi connectivity index (χ1n) is 13.2. The summed E-state index contributed by atoms with van der Waals surface area (Å²) >= 11 is 0. The number of aryl methyl sites for hydroxylation is 2. The standard InChI is InChI=1S/C31H31F2N3O3/c1-19-5-4-6-20(2)29(19)36-18-23(7-10-27(36)38)28-30(25-9-8-24(32)17-26(25)33)39-31(34-28)22-12-15-35(16-13-22)14-11-21(3)37/h4-10,17-18,22H,11-16H2,1-3H3. The molecule has 0 spiro atoms. The highest BCUT2D eigenvalue weighted by Crippen LogP contribution is 2.38. The van der Waals surface area contributed by atoms with Gasteiger partial charge >= 0.3 is 0 Å². The number of benzene rings is 2. The van der Waals surface area contributed by atoms with Crippen LogP contribution in [0.25, 0.3) is 28.3 Å². The van der Waals surface area contributed by atoms with Crippen molar-refractivity contribution in [3.8, 4) is 28.3 Å². The number of hydrogen-bond donors (Lipinski definition) is 0. The maximum absolute atomic E-state index is 15.0. The Morgan fingerprint density at radius 2 is 1.77 bits per heavy atom. The lowest BCUT2D eigenvalue weighted by atomic mass is 9.96. The molecule has 8 heteroatoms. The van der Waals surface area contributed by atoms with Crippen molar-refractivity contribution in [1.82, 2.24) is 14.5 Å². The van der Waals surface area contributed by atoms with E-state index in [1.54, 1.807) is 23.8 Å². The molecule has 0 unspecified atom stereocenters. The van der Waals surface area contributed by atoms with Gasteiger partial charge in [0.15, 0.2) is 11.7 Å². The molecule has 0 radical (unpaired) electrons. The minimum absolute atomic E-state index is 0.0131. The molecule has 0 aliphatic carbocycles. The molecule has 0 bridgehead atoms. The van der Waals surface area contributed by atoms with Gasteiger partial charge in [-0.1, -0.05) is 18.2 Å². The van der Waals surface area contributed by atoms with E-state index in [-0.39, 0.29) is 28.6 Å². The number of para-hydroxylation sites is 1. The fourth-order valence-corrected chi connectivity index (χ4v) is 5.27. The Morgan fingerprint density at radius 1 is 1.05 bits per heavy atom. The second-order valence-corrected chi connectivity index (χ2v) is 10.3. The van der Waals surface area contributed by atoms with Crippen molar-refractivity contribution in [2.24, 2.45) is 0 Å². The minimum Gasteiger partial charge on any atom is -0.440 e. The third-order valence-corrected chi connectivity index (χ3v) is 7.40. The van der Waals surface area contributed by atoms with Gasteiger partial charge in [0.05, 0.1) is 11.3 Å². The topological polar surface area (TPSA) is 68.3 Å². The number of aromatic nitrogens is 2. The zero-order chi connectivity index (χ0) is 27.7. The van der Waals surface area contributed by atoms with Crippen molar-refractivity contribution >= 4 is 5.78 Å². The fourth-order valence-electron chi connectivity index (χ4n) is 5.27.